The van der Waals surface area contributed by atoms with Crippen LogP contribution in [0, 0.1) is 19.3 Å². The molecule has 0 spiro atoms. The number of aromatic nitrogens is 1. The molecular formula is C26H19N5O2S. The molecule has 0 aliphatic carbocycles. The van der Waals surface area contributed by atoms with Gasteiger partial charge in [-0.1, -0.05) is 30.3 Å². The van der Waals surface area contributed by atoms with Crippen molar-refractivity contribution < 1.29 is 9.21 Å². The summed E-state index contributed by atoms with van der Waals surface area (Å²) in [5.74, 6) is 0.126. The number of thioether (sulfide) groups is 1. The second-order valence-electron chi connectivity index (χ2n) is 8.10. The largest absolute Gasteiger partial charge is 0.462 e. The van der Waals surface area contributed by atoms with E-state index in [1.54, 1.807) is 24.5 Å². The lowest BCUT2D eigenvalue weighted by molar-refractivity contribution is -0.114. The van der Waals surface area contributed by atoms with Gasteiger partial charge in [-0.15, -0.1) is 0 Å². The molecular weight excluding hydrogens is 446 g/mol. The molecule has 4 aromatic rings. The first-order chi connectivity index (χ1) is 16.5. The van der Waals surface area contributed by atoms with Gasteiger partial charge in [-0.2, -0.15) is 15.1 Å². The highest BCUT2D eigenvalue weighted by molar-refractivity contribution is 8.27. The minimum Gasteiger partial charge on any atom is -0.462 e. The zero-order valence-corrected chi connectivity index (χ0v) is 19.3. The summed E-state index contributed by atoms with van der Waals surface area (Å²) in [5.41, 5.74) is 4.12. The lowest BCUT2D eigenvalue weighted by Gasteiger charge is -2.20. The number of aryl methyl sites for hydroxylation is 1. The van der Waals surface area contributed by atoms with E-state index >= 15 is 0 Å². The zero-order chi connectivity index (χ0) is 23.4. The highest BCUT2D eigenvalue weighted by Crippen LogP contribution is 2.32. The number of hydrogen-bond acceptors (Lipinski definition) is 5. The van der Waals surface area contributed by atoms with Gasteiger partial charge in [0.05, 0.1) is 11.8 Å². The number of furan rings is 1. The fraction of sp³-hybridized carbons (Fsp3) is 0.0769. The molecule has 0 radical (unpaired) electrons. The van der Waals surface area contributed by atoms with E-state index in [1.807, 2.05) is 32.0 Å². The second-order valence-corrected chi connectivity index (χ2v) is 9.05. The van der Waals surface area contributed by atoms with Crippen molar-refractivity contribution in [2.45, 2.75) is 13.8 Å². The smallest absolute Gasteiger partial charge is 0.283 e. The number of fused-ring (bicyclic) bond motifs is 2. The molecule has 34 heavy (non-hydrogen) atoms. The number of benzene rings is 2. The maximum atomic E-state index is 12.8. The Morgan fingerprint density at radius 2 is 1.85 bits per heavy atom. The van der Waals surface area contributed by atoms with Crippen LogP contribution in [0.4, 0.5) is 0 Å². The molecule has 166 valence electrons. The normalized spacial score (nSPS) is 16.9. The van der Waals surface area contributed by atoms with E-state index in [4.69, 9.17) is 9.83 Å². The van der Waals surface area contributed by atoms with Crippen LogP contribution in [-0.2, 0) is 4.79 Å². The van der Waals surface area contributed by atoms with Gasteiger partial charge in [-0.05, 0) is 78.4 Å². The molecule has 0 bridgehead atoms. The Morgan fingerprint density at radius 1 is 1.03 bits per heavy atom. The van der Waals surface area contributed by atoms with Crippen molar-refractivity contribution in [3.63, 3.8) is 0 Å². The maximum absolute atomic E-state index is 12.8. The molecule has 1 N–H and O–H groups in total. The highest BCUT2D eigenvalue weighted by Gasteiger charge is 2.36. The van der Waals surface area contributed by atoms with Gasteiger partial charge in [0, 0.05) is 17.1 Å². The molecule has 0 atom stereocenters. The predicted octanol–water partition coefficient (Wildman–Crippen LogP) is 5.51. The number of carbonyl (C=O) groups excluding carboxylic acids is 1. The molecule has 2 aromatic heterocycles. The summed E-state index contributed by atoms with van der Waals surface area (Å²) >= 11 is 1.22. The quantitative estimate of drug-likeness (QED) is 0.404. The van der Waals surface area contributed by atoms with Gasteiger partial charge in [0.25, 0.3) is 5.91 Å². The molecule has 6 rings (SSSR count). The number of hydrogen-bond donors (Lipinski definition) is 1. The number of nitrogens with one attached hydrogen (secondary N) is 1. The van der Waals surface area contributed by atoms with Crippen molar-refractivity contribution in [2.24, 2.45) is 10.1 Å². The van der Waals surface area contributed by atoms with E-state index < -0.39 is 5.91 Å². The molecule has 0 saturated carbocycles. The average Bonchev–Trinajstić information content (AvgIpc) is 3.56. The SMILES string of the molecule is Cc1cc(/C=C2/C(=N)N3N=C(c4ccco4)SC3=NC2=O)c(C)n1-c1ccc2ccccc2c1. The Labute approximate surface area is 199 Å². The third-order valence-electron chi connectivity index (χ3n) is 5.95. The summed E-state index contributed by atoms with van der Waals surface area (Å²) in [6.07, 6.45) is 3.29. The monoisotopic (exact) mass is 465 g/mol. The van der Waals surface area contributed by atoms with Crippen molar-refractivity contribution >= 4 is 50.6 Å². The highest BCUT2D eigenvalue weighted by atomic mass is 32.2. The van der Waals surface area contributed by atoms with Crippen molar-refractivity contribution in [2.75, 3.05) is 0 Å². The summed E-state index contributed by atoms with van der Waals surface area (Å²) in [6, 6.07) is 20.2. The minimum atomic E-state index is -0.449. The van der Waals surface area contributed by atoms with Gasteiger partial charge in [-0.3, -0.25) is 10.2 Å². The molecule has 2 aliphatic rings. The Balaban J connectivity index is 1.38. The number of hydrazone groups is 1. The molecule has 2 aliphatic heterocycles. The summed E-state index contributed by atoms with van der Waals surface area (Å²) in [5, 5.41) is 17.8. The fourth-order valence-corrected chi connectivity index (χ4v) is 5.15. The van der Waals surface area contributed by atoms with E-state index in [9.17, 15) is 4.79 Å². The Hall–Kier alpha value is -4.17. The maximum Gasteiger partial charge on any atom is 0.283 e. The standard InChI is InChI=1S/C26H19N5O2S/c1-15-12-19(16(2)30(15)20-10-9-17-6-3-4-7-18(17)13-20)14-21-23(27)31-26(28-24(21)32)34-25(29-31)22-8-5-11-33-22/h3-14,27H,1-2H3/b21-14-,27-23?. The van der Waals surface area contributed by atoms with E-state index in [-0.39, 0.29) is 11.4 Å². The van der Waals surface area contributed by atoms with E-state index in [0.29, 0.717) is 16.0 Å². The summed E-state index contributed by atoms with van der Waals surface area (Å²) < 4.78 is 7.56. The van der Waals surface area contributed by atoms with E-state index in [2.05, 4.69) is 45.0 Å². The number of rotatable bonds is 3. The molecule has 0 fully saturated rings. The summed E-state index contributed by atoms with van der Waals surface area (Å²) in [7, 11) is 0. The molecule has 7 nitrogen and oxygen atoms in total. The van der Waals surface area contributed by atoms with Crippen LogP contribution in [0.25, 0.3) is 22.5 Å². The first kappa shape index (κ1) is 20.4. The molecule has 4 heterocycles. The number of nitrogens with zero attached hydrogens (tertiary/aromatic N) is 4. The van der Waals surface area contributed by atoms with Gasteiger partial charge in [0.15, 0.2) is 16.6 Å². The van der Waals surface area contributed by atoms with Crippen LogP contribution in [0.2, 0.25) is 0 Å². The molecule has 0 saturated heterocycles. The summed E-state index contributed by atoms with van der Waals surface area (Å²) in [4.78, 5) is 17.0. The molecule has 2 aromatic carbocycles. The first-order valence-electron chi connectivity index (χ1n) is 10.7. The van der Waals surface area contributed by atoms with Gasteiger partial charge in [0.1, 0.15) is 0 Å². The van der Waals surface area contributed by atoms with Gasteiger partial charge in [-0.25, -0.2) is 0 Å². The van der Waals surface area contributed by atoms with E-state index in [1.165, 1.54) is 22.2 Å². The third-order valence-corrected chi connectivity index (χ3v) is 6.87. The van der Waals surface area contributed by atoms with Crippen LogP contribution in [0.3, 0.4) is 0 Å². The van der Waals surface area contributed by atoms with Crippen molar-refractivity contribution in [3.8, 4) is 5.69 Å². The van der Waals surface area contributed by atoms with Crippen LogP contribution in [0.15, 0.2) is 87.0 Å². The number of amidine groups is 2. The lowest BCUT2D eigenvalue weighted by atomic mass is 10.1. The average molecular weight is 466 g/mol. The number of carbonyl (C=O) groups is 1. The molecule has 0 unspecified atom stereocenters. The van der Waals surface area contributed by atoms with Crippen LogP contribution in [-0.4, -0.2) is 31.5 Å². The van der Waals surface area contributed by atoms with Crippen LogP contribution in [0.1, 0.15) is 22.7 Å². The summed E-state index contributed by atoms with van der Waals surface area (Å²) in [6.45, 7) is 4.05. The Bertz CT molecular complexity index is 1590. The first-order valence-corrected chi connectivity index (χ1v) is 11.5. The topological polar surface area (TPSA) is 87.0 Å². The number of amides is 1. The Kier molecular flexibility index (Phi) is 4.63. The van der Waals surface area contributed by atoms with Crippen LogP contribution in [0.5, 0.6) is 0 Å². The van der Waals surface area contributed by atoms with Crippen LogP contribution < -0.4 is 0 Å². The fourth-order valence-electron chi connectivity index (χ4n) is 4.29. The minimum absolute atomic E-state index is 0.000403. The van der Waals surface area contributed by atoms with Crippen molar-refractivity contribution in [3.05, 3.63) is 95.2 Å². The van der Waals surface area contributed by atoms with E-state index in [0.717, 1.165) is 28.0 Å². The number of aliphatic imine (C=N–C) groups is 1. The zero-order valence-electron chi connectivity index (χ0n) is 18.4. The lowest BCUT2D eigenvalue weighted by Crippen LogP contribution is -2.35. The van der Waals surface area contributed by atoms with Crippen LogP contribution >= 0.6 is 11.8 Å². The third kappa shape index (κ3) is 3.22. The van der Waals surface area contributed by atoms with Crippen molar-refractivity contribution in [1.29, 1.82) is 5.41 Å². The molecule has 8 heteroatoms. The molecule has 1 amide bonds. The van der Waals surface area contributed by atoms with Crippen molar-refractivity contribution in [1.82, 2.24) is 9.58 Å². The predicted molar refractivity (Wildman–Crippen MR) is 136 cm³/mol. The van der Waals surface area contributed by atoms with Gasteiger partial charge in [0.2, 0.25) is 5.17 Å². The van der Waals surface area contributed by atoms with Gasteiger partial charge < -0.3 is 8.98 Å². The second kappa shape index (κ2) is 7.71. The Morgan fingerprint density at radius 3 is 2.65 bits per heavy atom. The van der Waals surface area contributed by atoms with Gasteiger partial charge >= 0.3 is 0 Å².